The van der Waals surface area contributed by atoms with E-state index in [1.54, 1.807) is 39.5 Å². The fraction of sp³-hybridized carbons (Fsp3) is 0.381. The van der Waals surface area contributed by atoms with E-state index in [-0.39, 0.29) is 11.7 Å². The van der Waals surface area contributed by atoms with E-state index >= 15 is 0 Å². The topological polar surface area (TPSA) is 92.4 Å². The summed E-state index contributed by atoms with van der Waals surface area (Å²) >= 11 is 1.33. The summed E-state index contributed by atoms with van der Waals surface area (Å²) in [7, 11) is 6.78. The molecule has 0 atom stereocenters. The van der Waals surface area contributed by atoms with Gasteiger partial charge in [0.25, 0.3) is 0 Å². The van der Waals surface area contributed by atoms with Gasteiger partial charge in [0.15, 0.2) is 5.16 Å². The Morgan fingerprint density at radius 3 is 2.68 bits per heavy atom. The number of methoxy groups -OCH3 is 3. The van der Waals surface area contributed by atoms with Crippen LogP contribution in [0.1, 0.15) is 11.5 Å². The number of carbonyl (C=O) groups is 1. The summed E-state index contributed by atoms with van der Waals surface area (Å²) in [6.07, 6.45) is 2.65. The highest BCUT2D eigenvalue weighted by atomic mass is 32.2. The Balaban J connectivity index is 1.68. The van der Waals surface area contributed by atoms with Crippen LogP contribution in [0, 0.1) is 0 Å². The number of nitrogens with zero attached hydrogens (tertiary/aromatic N) is 4. The first-order valence-electron chi connectivity index (χ1n) is 9.71. The smallest absolute Gasteiger partial charge is 0.234 e. The lowest BCUT2D eigenvalue weighted by Crippen LogP contribution is -2.16. The number of carbonyl (C=O) groups excluding carboxylic acids is 1. The van der Waals surface area contributed by atoms with Crippen LogP contribution in [-0.4, -0.2) is 58.9 Å². The van der Waals surface area contributed by atoms with Gasteiger partial charge in [-0.3, -0.25) is 4.79 Å². The Morgan fingerprint density at radius 2 is 2.00 bits per heavy atom. The Hall–Kier alpha value is -2.98. The van der Waals surface area contributed by atoms with Gasteiger partial charge in [-0.2, -0.15) is 0 Å². The molecule has 9 nitrogen and oxygen atoms in total. The largest absolute Gasteiger partial charge is 0.497 e. The highest BCUT2D eigenvalue weighted by Crippen LogP contribution is 2.29. The predicted octanol–water partition coefficient (Wildman–Crippen LogP) is 2.60. The van der Waals surface area contributed by atoms with E-state index in [4.69, 9.17) is 14.2 Å². The third kappa shape index (κ3) is 5.80. The third-order valence-corrected chi connectivity index (χ3v) is 5.68. The monoisotopic (exact) mass is 445 g/mol. The van der Waals surface area contributed by atoms with E-state index < -0.39 is 0 Å². The molecule has 0 fully saturated rings. The van der Waals surface area contributed by atoms with Crippen molar-refractivity contribution in [2.75, 3.05) is 39.0 Å². The molecule has 0 saturated heterocycles. The van der Waals surface area contributed by atoms with E-state index in [1.807, 2.05) is 23.9 Å². The minimum Gasteiger partial charge on any atom is -0.497 e. The molecule has 0 unspecified atom stereocenters. The molecule has 3 aromatic rings. The van der Waals surface area contributed by atoms with Gasteiger partial charge < -0.3 is 28.7 Å². The standard InChI is InChI=1S/C21H27N5O4S/c1-25-9-5-6-15(25)12-19-23-24-21(26(19)10-11-28-2)31-14-20(27)22-17-8-7-16(29-3)13-18(17)30-4/h5-9,13H,10-12,14H2,1-4H3,(H,22,27). The van der Waals surface area contributed by atoms with Crippen molar-refractivity contribution in [2.24, 2.45) is 7.05 Å². The van der Waals surface area contributed by atoms with Crippen LogP contribution in [0.15, 0.2) is 41.7 Å². The van der Waals surface area contributed by atoms with Crippen molar-refractivity contribution in [1.29, 1.82) is 0 Å². The number of aromatic nitrogens is 4. The highest BCUT2D eigenvalue weighted by Gasteiger charge is 2.16. The van der Waals surface area contributed by atoms with Crippen LogP contribution in [0.3, 0.4) is 0 Å². The summed E-state index contributed by atoms with van der Waals surface area (Å²) in [5.41, 5.74) is 1.71. The Morgan fingerprint density at radius 1 is 1.16 bits per heavy atom. The number of ether oxygens (including phenoxy) is 3. The molecule has 0 radical (unpaired) electrons. The zero-order valence-corrected chi connectivity index (χ0v) is 18.9. The molecular formula is C21H27N5O4S. The third-order valence-electron chi connectivity index (χ3n) is 4.72. The number of amides is 1. The average molecular weight is 446 g/mol. The van der Waals surface area contributed by atoms with Crippen LogP contribution in [0.5, 0.6) is 11.5 Å². The molecule has 10 heteroatoms. The van der Waals surface area contributed by atoms with Crippen LogP contribution in [0.25, 0.3) is 0 Å². The van der Waals surface area contributed by atoms with E-state index in [2.05, 4.69) is 26.1 Å². The van der Waals surface area contributed by atoms with Gasteiger partial charge in [-0.15, -0.1) is 10.2 Å². The fourth-order valence-corrected chi connectivity index (χ4v) is 3.81. The van der Waals surface area contributed by atoms with Crippen molar-refractivity contribution in [1.82, 2.24) is 19.3 Å². The lowest BCUT2D eigenvalue weighted by atomic mass is 10.2. The van der Waals surface area contributed by atoms with Crippen molar-refractivity contribution in [2.45, 2.75) is 18.1 Å². The average Bonchev–Trinajstić information content (AvgIpc) is 3.36. The van der Waals surface area contributed by atoms with Crippen LogP contribution in [0.2, 0.25) is 0 Å². The quantitative estimate of drug-likeness (QED) is 0.454. The molecule has 0 saturated carbocycles. The molecule has 3 rings (SSSR count). The normalized spacial score (nSPS) is 10.8. The van der Waals surface area contributed by atoms with Crippen molar-refractivity contribution < 1.29 is 19.0 Å². The Labute approximate surface area is 185 Å². The molecule has 2 aromatic heterocycles. The molecule has 0 aliphatic carbocycles. The maximum absolute atomic E-state index is 12.5. The molecule has 1 aromatic carbocycles. The van der Waals surface area contributed by atoms with Gasteiger partial charge in [-0.05, 0) is 24.3 Å². The van der Waals surface area contributed by atoms with Crippen molar-refractivity contribution in [3.05, 3.63) is 48.0 Å². The summed E-state index contributed by atoms with van der Waals surface area (Å²) in [5, 5.41) is 12.2. The first-order chi connectivity index (χ1) is 15.0. The summed E-state index contributed by atoms with van der Waals surface area (Å²) in [6.45, 7) is 1.14. The summed E-state index contributed by atoms with van der Waals surface area (Å²) in [6, 6.07) is 9.29. The number of rotatable bonds is 11. The number of thioether (sulfide) groups is 1. The first-order valence-corrected chi connectivity index (χ1v) is 10.7. The molecular weight excluding hydrogens is 418 g/mol. The predicted molar refractivity (Wildman–Crippen MR) is 119 cm³/mol. The molecule has 0 spiro atoms. The minimum absolute atomic E-state index is 0.168. The molecule has 1 amide bonds. The van der Waals surface area contributed by atoms with Crippen molar-refractivity contribution in [3.8, 4) is 11.5 Å². The first kappa shape index (κ1) is 22.7. The molecule has 31 heavy (non-hydrogen) atoms. The van der Waals surface area contributed by atoms with E-state index in [0.29, 0.717) is 41.9 Å². The number of nitrogens with one attached hydrogen (secondary N) is 1. The number of aryl methyl sites for hydroxylation is 1. The maximum atomic E-state index is 12.5. The minimum atomic E-state index is -0.168. The van der Waals surface area contributed by atoms with Crippen molar-refractivity contribution in [3.63, 3.8) is 0 Å². The zero-order valence-electron chi connectivity index (χ0n) is 18.1. The number of hydrogen-bond donors (Lipinski definition) is 1. The van der Waals surface area contributed by atoms with E-state index in [0.717, 1.165) is 11.5 Å². The molecule has 2 heterocycles. The second-order valence-corrected chi connectivity index (χ2v) is 7.68. The van der Waals surface area contributed by atoms with Gasteiger partial charge >= 0.3 is 0 Å². The molecule has 0 aliphatic heterocycles. The van der Waals surface area contributed by atoms with Crippen LogP contribution in [-0.2, 0) is 29.5 Å². The summed E-state index contributed by atoms with van der Waals surface area (Å²) < 4.78 is 19.8. The summed E-state index contributed by atoms with van der Waals surface area (Å²) in [5.74, 6) is 2.04. The second-order valence-electron chi connectivity index (χ2n) is 6.73. The Bertz CT molecular complexity index is 1020. The second kappa shape index (κ2) is 10.9. The SMILES string of the molecule is COCCn1c(Cc2cccn2C)nnc1SCC(=O)Nc1ccc(OC)cc1OC. The van der Waals surface area contributed by atoms with Gasteiger partial charge in [0.2, 0.25) is 5.91 Å². The lowest BCUT2D eigenvalue weighted by Gasteiger charge is -2.12. The number of anilines is 1. The maximum Gasteiger partial charge on any atom is 0.234 e. The lowest BCUT2D eigenvalue weighted by molar-refractivity contribution is -0.113. The van der Waals surface area contributed by atoms with Crippen LogP contribution >= 0.6 is 11.8 Å². The number of benzene rings is 1. The van der Waals surface area contributed by atoms with Gasteiger partial charge in [0.1, 0.15) is 17.3 Å². The van der Waals surface area contributed by atoms with E-state index in [9.17, 15) is 4.79 Å². The molecule has 0 bridgehead atoms. The highest BCUT2D eigenvalue weighted by molar-refractivity contribution is 7.99. The van der Waals surface area contributed by atoms with Gasteiger partial charge in [-0.1, -0.05) is 11.8 Å². The van der Waals surface area contributed by atoms with Gasteiger partial charge in [0.05, 0.1) is 32.3 Å². The van der Waals surface area contributed by atoms with E-state index in [1.165, 1.54) is 11.8 Å². The number of hydrogen-bond acceptors (Lipinski definition) is 7. The van der Waals surface area contributed by atoms with Crippen LogP contribution < -0.4 is 14.8 Å². The Kier molecular flexibility index (Phi) is 7.96. The van der Waals surface area contributed by atoms with Crippen LogP contribution in [0.4, 0.5) is 5.69 Å². The molecule has 1 N–H and O–H groups in total. The zero-order chi connectivity index (χ0) is 22.2. The molecule has 0 aliphatic rings. The van der Waals surface area contributed by atoms with Crippen molar-refractivity contribution >= 4 is 23.4 Å². The van der Waals surface area contributed by atoms with Gasteiger partial charge in [-0.25, -0.2) is 0 Å². The van der Waals surface area contributed by atoms with Gasteiger partial charge in [0, 0.05) is 45.1 Å². The molecule has 166 valence electrons. The summed E-state index contributed by atoms with van der Waals surface area (Å²) in [4.78, 5) is 12.5. The fourth-order valence-electron chi connectivity index (χ4n) is 3.02.